The molecule has 0 aromatic carbocycles. The van der Waals surface area contributed by atoms with Gasteiger partial charge in [0.1, 0.15) is 16.3 Å². The van der Waals surface area contributed by atoms with Crippen molar-refractivity contribution in [1.82, 2.24) is 19.9 Å². The number of hydrogen-bond acceptors (Lipinski definition) is 8. The van der Waals surface area contributed by atoms with Crippen LogP contribution in [0.25, 0.3) is 21.7 Å². The second kappa shape index (κ2) is 8.30. The van der Waals surface area contributed by atoms with Crippen molar-refractivity contribution in [2.75, 3.05) is 25.1 Å². The van der Waals surface area contributed by atoms with Crippen LogP contribution in [0, 0.1) is 0 Å². The molecule has 1 aliphatic heterocycles. The van der Waals surface area contributed by atoms with Crippen molar-refractivity contribution in [1.29, 1.82) is 0 Å². The molecule has 0 saturated carbocycles. The highest BCUT2D eigenvalue weighted by Crippen LogP contribution is 2.39. The SMILES string of the molecule is CC(COC1CCOC1)Nc1nc(-c2cnccn2)nc2sc3c(c12)CCCC3. The molecule has 1 saturated heterocycles. The Morgan fingerprint density at radius 1 is 1.28 bits per heavy atom. The summed E-state index contributed by atoms with van der Waals surface area (Å²) in [5.41, 5.74) is 2.11. The standard InChI is InChI=1S/C21H25N5O2S/c1-13(11-28-14-6-9-27-12-14)24-20-18-15-4-2-3-5-17(15)29-21(18)26-19(25-20)16-10-22-7-8-23-16/h7-8,10,13-14H,2-6,9,11-12H2,1H3,(H,24,25,26). The lowest BCUT2D eigenvalue weighted by Crippen LogP contribution is -2.26. The van der Waals surface area contributed by atoms with Gasteiger partial charge in [-0.1, -0.05) is 0 Å². The zero-order valence-corrected chi connectivity index (χ0v) is 17.4. The van der Waals surface area contributed by atoms with E-state index in [0.29, 0.717) is 24.7 Å². The maximum absolute atomic E-state index is 6.01. The van der Waals surface area contributed by atoms with Crippen LogP contribution in [0.3, 0.4) is 0 Å². The molecule has 1 N–H and O–H groups in total. The van der Waals surface area contributed by atoms with Crippen molar-refractivity contribution < 1.29 is 9.47 Å². The molecule has 0 amide bonds. The van der Waals surface area contributed by atoms with Gasteiger partial charge in [0, 0.05) is 29.9 Å². The molecule has 3 aromatic heterocycles. The summed E-state index contributed by atoms with van der Waals surface area (Å²) in [6, 6.07) is 0.127. The molecule has 0 radical (unpaired) electrons. The van der Waals surface area contributed by atoms with E-state index in [0.717, 1.165) is 36.5 Å². The third-order valence-electron chi connectivity index (χ3n) is 5.46. The van der Waals surface area contributed by atoms with E-state index in [1.807, 2.05) is 0 Å². The summed E-state index contributed by atoms with van der Waals surface area (Å²) in [6.45, 7) is 4.23. The van der Waals surface area contributed by atoms with Crippen molar-refractivity contribution in [2.45, 2.75) is 51.2 Å². The van der Waals surface area contributed by atoms with Crippen molar-refractivity contribution in [3.63, 3.8) is 0 Å². The average Bonchev–Trinajstić information content (AvgIpc) is 3.40. The first-order valence-electron chi connectivity index (χ1n) is 10.3. The quantitative estimate of drug-likeness (QED) is 0.663. The summed E-state index contributed by atoms with van der Waals surface area (Å²) >= 11 is 1.80. The van der Waals surface area contributed by atoms with E-state index in [9.17, 15) is 0 Å². The molecule has 5 rings (SSSR count). The Morgan fingerprint density at radius 2 is 2.21 bits per heavy atom. The van der Waals surface area contributed by atoms with Crippen LogP contribution >= 0.6 is 11.3 Å². The molecular formula is C21H25N5O2S. The normalized spacial score (nSPS) is 20.0. The second-order valence-corrected chi connectivity index (χ2v) is 8.83. The Kier molecular flexibility index (Phi) is 5.39. The number of nitrogens with one attached hydrogen (secondary N) is 1. The Bertz CT molecular complexity index is 988. The molecule has 0 bridgehead atoms. The Hall–Kier alpha value is -2.16. The van der Waals surface area contributed by atoms with Crippen LogP contribution < -0.4 is 5.32 Å². The fourth-order valence-electron chi connectivity index (χ4n) is 3.99. The first-order valence-corrected chi connectivity index (χ1v) is 11.1. The topological polar surface area (TPSA) is 82.0 Å². The molecule has 0 spiro atoms. The average molecular weight is 412 g/mol. The van der Waals surface area contributed by atoms with Crippen LogP contribution in [0.4, 0.5) is 5.82 Å². The van der Waals surface area contributed by atoms with Gasteiger partial charge in [0.15, 0.2) is 5.82 Å². The van der Waals surface area contributed by atoms with Gasteiger partial charge in [-0.2, -0.15) is 0 Å². The Labute approximate surface area is 173 Å². The molecule has 152 valence electrons. The second-order valence-electron chi connectivity index (χ2n) is 7.74. The fourth-order valence-corrected chi connectivity index (χ4v) is 5.25. The molecule has 29 heavy (non-hydrogen) atoms. The highest BCUT2D eigenvalue weighted by Gasteiger charge is 2.23. The van der Waals surface area contributed by atoms with Gasteiger partial charge in [-0.3, -0.25) is 4.98 Å². The summed E-state index contributed by atoms with van der Waals surface area (Å²) in [5, 5.41) is 4.77. The molecule has 2 atom stereocenters. The van der Waals surface area contributed by atoms with E-state index in [1.165, 1.54) is 28.7 Å². The molecule has 2 unspecified atom stereocenters. The van der Waals surface area contributed by atoms with Crippen LogP contribution in [-0.4, -0.2) is 51.9 Å². The first kappa shape index (κ1) is 18.8. The van der Waals surface area contributed by atoms with E-state index in [2.05, 4.69) is 22.2 Å². The number of hydrogen-bond donors (Lipinski definition) is 1. The monoisotopic (exact) mass is 411 g/mol. The van der Waals surface area contributed by atoms with E-state index in [-0.39, 0.29) is 12.1 Å². The summed E-state index contributed by atoms with van der Waals surface area (Å²) < 4.78 is 11.4. The van der Waals surface area contributed by atoms with Crippen LogP contribution in [0.1, 0.15) is 36.6 Å². The van der Waals surface area contributed by atoms with Gasteiger partial charge in [0.05, 0.1) is 30.9 Å². The molecule has 7 nitrogen and oxygen atoms in total. The third-order valence-corrected chi connectivity index (χ3v) is 6.65. The summed E-state index contributed by atoms with van der Waals surface area (Å²) in [7, 11) is 0. The minimum absolute atomic E-state index is 0.127. The van der Waals surface area contributed by atoms with E-state index in [1.54, 1.807) is 29.9 Å². The lowest BCUT2D eigenvalue weighted by atomic mass is 9.97. The van der Waals surface area contributed by atoms with Gasteiger partial charge in [-0.25, -0.2) is 15.0 Å². The number of fused-ring (bicyclic) bond motifs is 3. The number of nitrogens with zero attached hydrogens (tertiary/aromatic N) is 4. The van der Waals surface area contributed by atoms with E-state index in [4.69, 9.17) is 19.4 Å². The maximum Gasteiger partial charge on any atom is 0.183 e. The summed E-state index contributed by atoms with van der Waals surface area (Å²) in [4.78, 5) is 20.8. The molecule has 1 fully saturated rings. The largest absolute Gasteiger partial charge is 0.379 e. The van der Waals surface area contributed by atoms with Crippen LogP contribution in [0.15, 0.2) is 18.6 Å². The smallest absolute Gasteiger partial charge is 0.183 e. The number of anilines is 1. The van der Waals surface area contributed by atoms with Crippen molar-refractivity contribution in [3.8, 4) is 11.5 Å². The van der Waals surface area contributed by atoms with E-state index < -0.39 is 0 Å². The Morgan fingerprint density at radius 3 is 3.03 bits per heavy atom. The maximum atomic E-state index is 6.01. The number of rotatable bonds is 6. The minimum atomic E-state index is 0.127. The van der Waals surface area contributed by atoms with Gasteiger partial charge in [0.25, 0.3) is 0 Å². The van der Waals surface area contributed by atoms with Gasteiger partial charge in [-0.05, 0) is 44.6 Å². The highest BCUT2D eigenvalue weighted by molar-refractivity contribution is 7.19. The number of thiophene rings is 1. The molecule has 2 aliphatic rings. The van der Waals surface area contributed by atoms with E-state index >= 15 is 0 Å². The first-order chi connectivity index (χ1) is 14.3. The van der Waals surface area contributed by atoms with Crippen molar-refractivity contribution in [2.24, 2.45) is 0 Å². The fraction of sp³-hybridized carbons (Fsp3) is 0.524. The molecule has 1 aliphatic carbocycles. The minimum Gasteiger partial charge on any atom is -0.379 e. The molecular weight excluding hydrogens is 386 g/mol. The number of ether oxygens (including phenoxy) is 2. The van der Waals surface area contributed by atoms with Crippen molar-refractivity contribution >= 4 is 27.4 Å². The number of aryl methyl sites for hydroxylation is 2. The van der Waals surface area contributed by atoms with Gasteiger partial charge in [0.2, 0.25) is 0 Å². The van der Waals surface area contributed by atoms with Gasteiger partial charge in [-0.15, -0.1) is 11.3 Å². The number of aromatic nitrogens is 4. The van der Waals surface area contributed by atoms with Crippen molar-refractivity contribution in [3.05, 3.63) is 29.0 Å². The van der Waals surface area contributed by atoms with Crippen LogP contribution in [0.2, 0.25) is 0 Å². The lowest BCUT2D eigenvalue weighted by molar-refractivity contribution is 0.0395. The summed E-state index contributed by atoms with van der Waals surface area (Å²) in [6.07, 6.45) is 10.9. The Balaban J connectivity index is 1.48. The highest BCUT2D eigenvalue weighted by atomic mass is 32.1. The zero-order chi connectivity index (χ0) is 19.6. The summed E-state index contributed by atoms with van der Waals surface area (Å²) in [5.74, 6) is 1.50. The predicted octanol–water partition coefficient (Wildman–Crippen LogP) is 3.63. The van der Waals surface area contributed by atoms with Gasteiger partial charge >= 0.3 is 0 Å². The van der Waals surface area contributed by atoms with Gasteiger partial charge < -0.3 is 14.8 Å². The van der Waals surface area contributed by atoms with Crippen LogP contribution in [-0.2, 0) is 22.3 Å². The molecule has 8 heteroatoms. The zero-order valence-electron chi connectivity index (χ0n) is 16.6. The predicted molar refractivity (Wildman–Crippen MR) is 113 cm³/mol. The lowest BCUT2D eigenvalue weighted by Gasteiger charge is -2.19. The molecule has 3 aromatic rings. The third kappa shape index (κ3) is 3.97. The molecule has 4 heterocycles. The van der Waals surface area contributed by atoms with Crippen LogP contribution in [0.5, 0.6) is 0 Å².